The predicted octanol–water partition coefficient (Wildman–Crippen LogP) is 4.07. The summed E-state index contributed by atoms with van der Waals surface area (Å²) >= 11 is 0. The van der Waals surface area contributed by atoms with Crippen molar-refractivity contribution in [1.82, 2.24) is 4.72 Å². The van der Waals surface area contributed by atoms with Gasteiger partial charge in [-0.1, -0.05) is 26.0 Å². The lowest BCUT2D eigenvalue weighted by Gasteiger charge is -2.56. The Labute approximate surface area is 157 Å². The van der Waals surface area contributed by atoms with Gasteiger partial charge in [0.2, 0.25) is 10.0 Å². The van der Waals surface area contributed by atoms with Crippen LogP contribution >= 0.6 is 0 Å². The third kappa shape index (κ3) is 3.71. The van der Waals surface area contributed by atoms with E-state index in [1.165, 1.54) is 38.5 Å². The average Bonchev–Trinajstić information content (AvgIpc) is 2.58. The summed E-state index contributed by atoms with van der Waals surface area (Å²) in [6, 6.07) is 7.17. The molecule has 26 heavy (non-hydrogen) atoms. The molecule has 0 saturated heterocycles. The van der Waals surface area contributed by atoms with Crippen molar-refractivity contribution in [2.24, 2.45) is 17.8 Å². The molecule has 4 fully saturated rings. The van der Waals surface area contributed by atoms with Crippen LogP contribution < -0.4 is 4.72 Å². The van der Waals surface area contributed by atoms with Gasteiger partial charge in [-0.3, -0.25) is 0 Å². The Bertz CT molecular complexity index is 704. The summed E-state index contributed by atoms with van der Waals surface area (Å²) < 4.78 is 33.9. The summed E-state index contributed by atoms with van der Waals surface area (Å²) in [5, 5.41) is 0. The fourth-order valence-electron chi connectivity index (χ4n) is 5.77. The monoisotopic (exact) mass is 377 g/mol. The standard InChI is InChI=1S/C21H31NO3S/c1-15(2)19-3-5-20(6-4-19)26(23,24)22-7-8-25-21-12-16-9-17(13-21)11-18(10-16)14-21/h3-6,15-18,22H,7-14H2,1-2H3. The molecule has 5 heteroatoms. The highest BCUT2D eigenvalue weighted by molar-refractivity contribution is 7.89. The minimum Gasteiger partial charge on any atom is -0.374 e. The summed E-state index contributed by atoms with van der Waals surface area (Å²) in [6.45, 7) is 5.01. The van der Waals surface area contributed by atoms with Crippen molar-refractivity contribution in [2.75, 3.05) is 13.2 Å². The van der Waals surface area contributed by atoms with Crippen molar-refractivity contribution in [3.63, 3.8) is 0 Å². The molecule has 4 bridgehead atoms. The van der Waals surface area contributed by atoms with E-state index in [9.17, 15) is 8.42 Å². The number of hydrogen-bond donors (Lipinski definition) is 1. The molecule has 1 aromatic carbocycles. The van der Waals surface area contributed by atoms with Gasteiger partial charge in [-0.25, -0.2) is 13.1 Å². The largest absolute Gasteiger partial charge is 0.374 e. The van der Waals surface area contributed by atoms with Crippen molar-refractivity contribution in [3.05, 3.63) is 29.8 Å². The molecule has 4 nitrogen and oxygen atoms in total. The first-order valence-corrected chi connectivity index (χ1v) is 11.6. The number of nitrogens with one attached hydrogen (secondary N) is 1. The molecule has 0 aromatic heterocycles. The van der Waals surface area contributed by atoms with Gasteiger partial charge in [0.1, 0.15) is 0 Å². The highest BCUT2D eigenvalue weighted by Crippen LogP contribution is 2.57. The van der Waals surface area contributed by atoms with Gasteiger partial charge in [-0.2, -0.15) is 0 Å². The van der Waals surface area contributed by atoms with Crippen LogP contribution in [0.1, 0.15) is 63.9 Å². The summed E-state index contributed by atoms with van der Waals surface area (Å²) in [5.41, 5.74) is 1.19. The number of sulfonamides is 1. The molecule has 4 aliphatic rings. The molecular weight excluding hydrogens is 346 g/mol. The van der Waals surface area contributed by atoms with Crippen molar-refractivity contribution in [2.45, 2.75) is 68.8 Å². The van der Waals surface area contributed by atoms with Gasteiger partial charge < -0.3 is 4.74 Å². The maximum absolute atomic E-state index is 12.5. The second-order valence-electron chi connectivity index (χ2n) is 9.07. The van der Waals surface area contributed by atoms with Gasteiger partial charge in [0.15, 0.2) is 0 Å². The molecule has 0 aliphatic heterocycles. The van der Waals surface area contributed by atoms with Crippen molar-refractivity contribution >= 4 is 10.0 Å². The smallest absolute Gasteiger partial charge is 0.240 e. The summed E-state index contributed by atoms with van der Waals surface area (Å²) in [7, 11) is -3.46. The van der Waals surface area contributed by atoms with E-state index in [4.69, 9.17) is 4.74 Å². The highest BCUT2D eigenvalue weighted by atomic mass is 32.2. The fourth-order valence-corrected chi connectivity index (χ4v) is 6.78. The minimum absolute atomic E-state index is 0.0408. The molecular formula is C21H31NO3S. The summed E-state index contributed by atoms with van der Waals surface area (Å²) in [4.78, 5) is 0.330. The topological polar surface area (TPSA) is 55.4 Å². The zero-order valence-electron chi connectivity index (χ0n) is 15.9. The van der Waals surface area contributed by atoms with E-state index in [1.54, 1.807) is 12.1 Å². The van der Waals surface area contributed by atoms with Crippen molar-refractivity contribution in [1.29, 1.82) is 0 Å². The van der Waals surface area contributed by atoms with Crippen LogP contribution in [0.15, 0.2) is 29.2 Å². The van der Waals surface area contributed by atoms with Crippen LogP contribution in [-0.2, 0) is 14.8 Å². The van der Waals surface area contributed by atoms with Crippen molar-refractivity contribution < 1.29 is 13.2 Å². The molecule has 0 unspecified atom stereocenters. The third-order valence-corrected chi connectivity index (χ3v) is 8.12. The summed E-state index contributed by atoms with van der Waals surface area (Å²) in [5.74, 6) is 2.93. The minimum atomic E-state index is -3.46. The van der Waals surface area contributed by atoms with Crippen LogP contribution in [0.4, 0.5) is 0 Å². The summed E-state index contributed by atoms with van der Waals surface area (Å²) in [6.07, 6.45) is 7.72. The van der Waals surface area contributed by atoms with Crippen LogP contribution in [-0.4, -0.2) is 27.2 Å². The maximum Gasteiger partial charge on any atom is 0.240 e. The quantitative estimate of drug-likeness (QED) is 0.729. The van der Waals surface area contributed by atoms with Crippen LogP contribution in [0.25, 0.3) is 0 Å². The number of rotatable bonds is 7. The molecule has 1 aromatic rings. The first kappa shape index (κ1) is 18.5. The van der Waals surface area contributed by atoms with Gasteiger partial charge in [-0.05, 0) is 79.9 Å². The van der Waals surface area contributed by atoms with E-state index in [0.29, 0.717) is 24.0 Å². The molecule has 0 amide bonds. The van der Waals surface area contributed by atoms with E-state index in [2.05, 4.69) is 18.6 Å². The van der Waals surface area contributed by atoms with E-state index in [-0.39, 0.29) is 5.60 Å². The van der Waals surface area contributed by atoms with Gasteiger partial charge in [-0.15, -0.1) is 0 Å². The molecule has 4 saturated carbocycles. The average molecular weight is 378 g/mol. The van der Waals surface area contributed by atoms with Gasteiger partial charge in [0, 0.05) is 6.54 Å². The molecule has 1 N–H and O–H groups in total. The van der Waals surface area contributed by atoms with Crippen LogP contribution in [0.2, 0.25) is 0 Å². The first-order chi connectivity index (χ1) is 12.4. The second-order valence-corrected chi connectivity index (χ2v) is 10.8. The maximum atomic E-state index is 12.5. The Kier molecular flexibility index (Phi) is 4.91. The van der Waals surface area contributed by atoms with E-state index >= 15 is 0 Å². The van der Waals surface area contributed by atoms with E-state index in [0.717, 1.165) is 23.3 Å². The third-order valence-electron chi connectivity index (χ3n) is 6.64. The van der Waals surface area contributed by atoms with Gasteiger partial charge >= 0.3 is 0 Å². The van der Waals surface area contributed by atoms with Crippen LogP contribution in [0.3, 0.4) is 0 Å². The van der Waals surface area contributed by atoms with Crippen molar-refractivity contribution in [3.8, 4) is 0 Å². The van der Waals surface area contributed by atoms with Crippen LogP contribution in [0.5, 0.6) is 0 Å². The first-order valence-electron chi connectivity index (χ1n) is 10.1. The fraction of sp³-hybridized carbons (Fsp3) is 0.714. The van der Waals surface area contributed by atoms with E-state index in [1.807, 2.05) is 12.1 Å². The molecule has 144 valence electrons. The normalized spacial score (nSPS) is 33.1. The molecule has 0 heterocycles. The van der Waals surface area contributed by atoms with Gasteiger partial charge in [0.25, 0.3) is 0 Å². The predicted molar refractivity (Wildman–Crippen MR) is 103 cm³/mol. The number of hydrogen-bond acceptors (Lipinski definition) is 3. The molecule has 0 radical (unpaired) electrons. The Morgan fingerprint density at radius 2 is 1.58 bits per heavy atom. The lowest BCUT2D eigenvalue weighted by Crippen LogP contribution is -2.52. The highest BCUT2D eigenvalue weighted by Gasteiger charge is 2.51. The second kappa shape index (κ2) is 6.92. The lowest BCUT2D eigenvalue weighted by molar-refractivity contribution is -0.160. The molecule has 5 rings (SSSR count). The Morgan fingerprint density at radius 1 is 1.04 bits per heavy atom. The lowest BCUT2D eigenvalue weighted by atomic mass is 9.54. The number of benzene rings is 1. The molecule has 4 aliphatic carbocycles. The molecule has 0 atom stereocenters. The zero-order valence-corrected chi connectivity index (χ0v) is 16.7. The Balaban J connectivity index is 1.30. The number of ether oxygens (including phenoxy) is 1. The SMILES string of the molecule is CC(C)c1ccc(S(=O)(=O)NCCOC23CC4CC(CC(C4)C2)C3)cc1. The zero-order chi connectivity index (χ0) is 18.4. The molecule has 0 spiro atoms. The van der Waals surface area contributed by atoms with E-state index < -0.39 is 10.0 Å². The van der Waals surface area contributed by atoms with Gasteiger partial charge in [0.05, 0.1) is 17.1 Å². The Morgan fingerprint density at radius 3 is 2.08 bits per heavy atom. The Hall–Kier alpha value is -0.910. The van der Waals surface area contributed by atoms with Crippen LogP contribution in [0, 0.1) is 17.8 Å².